The summed E-state index contributed by atoms with van der Waals surface area (Å²) in [5, 5.41) is 3.67. The molecule has 0 aliphatic carbocycles. The first-order valence-electron chi connectivity index (χ1n) is 8.29. The van der Waals surface area contributed by atoms with E-state index in [2.05, 4.69) is 35.2 Å². The highest BCUT2D eigenvalue weighted by molar-refractivity contribution is 8.00. The fourth-order valence-electron chi connectivity index (χ4n) is 2.47. The van der Waals surface area contributed by atoms with Crippen molar-refractivity contribution in [1.29, 1.82) is 0 Å². The highest BCUT2D eigenvalue weighted by Gasteiger charge is 2.18. The summed E-state index contributed by atoms with van der Waals surface area (Å²) in [5.41, 5.74) is 3.00. The second-order valence-electron chi connectivity index (χ2n) is 6.04. The van der Waals surface area contributed by atoms with E-state index in [0.29, 0.717) is 5.92 Å². The van der Waals surface area contributed by atoms with Gasteiger partial charge in [0.05, 0.1) is 5.25 Å². The zero-order valence-electron chi connectivity index (χ0n) is 15.0. The zero-order valence-corrected chi connectivity index (χ0v) is 15.8. The van der Waals surface area contributed by atoms with Gasteiger partial charge in [0.25, 0.3) is 0 Å². The molecule has 0 radical (unpaired) electrons. The first-order valence-corrected chi connectivity index (χ1v) is 9.17. The van der Waals surface area contributed by atoms with Crippen molar-refractivity contribution in [2.45, 2.75) is 57.2 Å². The molecule has 1 N–H and O–H groups in total. The molecule has 5 heteroatoms. The van der Waals surface area contributed by atoms with Crippen LogP contribution in [0.1, 0.15) is 50.2 Å². The molecule has 2 rings (SSSR count). The van der Waals surface area contributed by atoms with E-state index in [1.165, 1.54) is 17.3 Å². The summed E-state index contributed by atoms with van der Waals surface area (Å²) < 4.78 is 0. The van der Waals surface area contributed by atoms with Crippen molar-refractivity contribution in [2.24, 2.45) is 0 Å². The number of para-hydroxylation sites is 1. The van der Waals surface area contributed by atoms with Gasteiger partial charge in [-0.15, -0.1) is 0 Å². The molecule has 0 aliphatic rings. The Balaban J connectivity index is 2.09. The number of anilines is 1. The molecule has 0 bridgehead atoms. The Bertz CT molecular complexity index is 697. The van der Waals surface area contributed by atoms with Crippen LogP contribution in [0.3, 0.4) is 0 Å². The number of aryl methyl sites for hydroxylation is 2. The molecule has 2 atom stereocenters. The fourth-order valence-corrected chi connectivity index (χ4v) is 3.42. The molecular formula is C19H25N3OS. The molecule has 2 aromatic rings. The molecule has 0 spiro atoms. The second-order valence-corrected chi connectivity index (χ2v) is 7.40. The smallest absolute Gasteiger partial charge is 0.237 e. The highest BCUT2D eigenvalue weighted by atomic mass is 32.2. The van der Waals surface area contributed by atoms with Gasteiger partial charge in [0.2, 0.25) is 5.91 Å². The maximum atomic E-state index is 12.6. The molecule has 1 aromatic carbocycles. The SMILES string of the molecule is CC[C@H](C)c1ccccc1NC(=O)[C@H](C)Sc1cc(C)nc(C)n1. The van der Waals surface area contributed by atoms with Crippen molar-refractivity contribution in [2.75, 3.05) is 5.32 Å². The average Bonchev–Trinajstić information content (AvgIpc) is 2.53. The van der Waals surface area contributed by atoms with Crippen LogP contribution in [-0.4, -0.2) is 21.1 Å². The van der Waals surface area contributed by atoms with E-state index in [1.807, 2.05) is 45.0 Å². The van der Waals surface area contributed by atoms with E-state index in [4.69, 9.17) is 0 Å². The van der Waals surface area contributed by atoms with Gasteiger partial charge in [0.15, 0.2) is 0 Å². The van der Waals surface area contributed by atoms with Gasteiger partial charge in [-0.25, -0.2) is 9.97 Å². The number of nitrogens with zero attached hydrogens (tertiary/aromatic N) is 2. The number of amides is 1. The molecule has 4 nitrogen and oxygen atoms in total. The van der Waals surface area contributed by atoms with Crippen LogP contribution < -0.4 is 5.32 Å². The lowest BCUT2D eigenvalue weighted by molar-refractivity contribution is -0.115. The first kappa shape index (κ1) is 18.5. The van der Waals surface area contributed by atoms with Gasteiger partial charge in [0, 0.05) is 11.4 Å². The highest BCUT2D eigenvalue weighted by Crippen LogP contribution is 2.28. The fraction of sp³-hybridized carbons (Fsp3) is 0.421. The van der Waals surface area contributed by atoms with Crippen LogP contribution >= 0.6 is 11.8 Å². The van der Waals surface area contributed by atoms with Crippen LogP contribution in [0.5, 0.6) is 0 Å². The summed E-state index contributed by atoms with van der Waals surface area (Å²) in [6.07, 6.45) is 1.04. The summed E-state index contributed by atoms with van der Waals surface area (Å²) in [6.45, 7) is 10.0. The van der Waals surface area contributed by atoms with Gasteiger partial charge in [-0.2, -0.15) is 0 Å². The third-order valence-electron chi connectivity index (χ3n) is 3.97. The number of benzene rings is 1. The van der Waals surface area contributed by atoms with Crippen LogP contribution in [-0.2, 0) is 4.79 Å². The summed E-state index contributed by atoms with van der Waals surface area (Å²) in [7, 11) is 0. The third-order valence-corrected chi connectivity index (χ3v) is 4.99. The van der Waals surface area contributed by atoms with Gasteiger partial charge < -0.3 is 5.32 Å². The lowest BCUT2D eigenvalue weighted by Gasteiger charge is -2.17. The van der Waals surface area contributed by atoms with Gasteiger partial charge in [-0.3, -0.25) is 4.79 Å². The number of rotatable bonds is 6. The Labute approximate surface area is 148 Å². The minimum Gasteiger partial charge on any atom is -0.325 e. The van der Waals surface area contributed by atoms with E-state index < -0.39 is 0 Å². The van der Waals surface area contributed by atoms with Crippen LogP contribution in [0.15, 0.2) is 35.4 Å². The lowest BCUT2D eigenvalue weighted by Crippen LogP contribution is -2.23. The van der Waals surface area contributed by atoms with Crippen LogP contribution in [0, 0.1) is 13.8 Å². The molecule has 24 heavy (non-hydrogen) atoms. The Morgan fingerprint density at radius 2 is 1.92 bits per heavy atom. The Morgan fingerprint density at radius 1 is 1.21 bits per heavy atom. The summed E-state index contributed by atoms with van der Waals surface area (Å²) in [6, 6.07) is 9.93. The number of nitrogens with one attached hydrogen (secondary N) is 1. The summed E-state index contributed by atoms with van der Waals surface area (Å²) >= 11 is 1.46. The van der Waals surface area contributed by atoms with E-state index in [-0.39, 0.29) is 11.2 Å². The summed E-state index contributed by atoms with van der Waals surface area (Å²) in [5.74, 6) is 1.13. The molecular weight excluding hydrogens is 318 g/mol. The van der Waals surface area contributed by atoms with Gasteiger partial charge >= 0.3 is 0 Å². The van der Waals surface area contributed by atoms with Crippen LogP contribution in [0.25, 0.3) is 0 Å². The largest absolute Gasteiger partial charge is 0.325 e. The predicted octanol–water partition coefficient (Wildman–Crippen LogP) is 4.73. The number of carbonyl (C=O) groups excluding carboxylic acids is 1. The topological polar surface area (TPSA) is 54.9 Å². The number of hydrogen-bond acceptors (Lipinski definition) is 4. The molecule has 1 aromatic heterocycles. The normalized spacial score (nSPS) is 13.4. The molecule has 1 heterocycles. The zero-order chi connectivity index (χ0) is 17.7. The Kier molecular flexibility index (Phi) is 6.37. The van der Waals surface area contributed by atoms with Crippen molar-refractivity contribution in [3.63, 3.8) is 0 Å². The number of hydrogen-bond donors (Lipinski definition) is 1. The molecule has 0 fully saturated rings. The first-order chi connectivity index (χ1) is 11.4. The minimum atomic E-state index is -0.233. The molecule has 0 aliphatic heterocycles. The van der Waals surface area contributed by atoms with Crippen molar-refractivity contribution in [1.82, 2.24) is 9.97 Å². The second kappa shape index (κ2) is 8.29. The number of thioether (sulfide) groups is 1. The van der Waals surface area contributed by atoms with E-state index >= 15 is 0 Å². The summed E-state index contributed by atoms with van der Waals surface area (Å²) in [4.78, 5) is 21.2. The molecule has 1 amide bonds. The predicted molar refractivity (Wildman–Crippen MR) is 101 cm³/mol. The van der Waals surface area contributed by atoms with Crippen molar-refractivity contribution in [3.8, 4) is 0 Å². The van der Waals surface area contributed by atoms with Gasteiger partial charge in [-0.05, 0) is 50.8 Å². The van der Waals surface area contributed by atoms with Gasteiger partial charge in [-0.1, -0.05) is 43.8 Å². The van der Waals surface area contributed by atoms with E-state index in [9.17, 15) is 4.79 Å². The number of aromatic nitrogens is 2. The Morgan fingerprint density at radius 3 is 2.58 bits per heavy atom. The monoisotopic (exact) mass is 343 g/mol. The van der Waals surface area contributed by atoms with Gasteiger partial charge in [0.1, 0.15) is 10.9 Å². The van der Waals surface area contributed by atoms with Crippen molar-refractivity contribution in [3.05, 3.63) is 47.4 Å². The molecule has 0 saturated heterocycles. The maximum Gasteiger partial charge on any atom is 0.237 e. The number of carbonyl (C=O) groups is 1. The third kappa shape index (κ3) is 4.81. The molecule has 0 unspecified atom stereocenters. The van der Waals surface area contributed by atoms with Crippen LogP contribution in [0.2, 0.25) is 0 Å². The van der Waals surface area contributed by atoms with Crippen molar-refractivity contribution < 1.29 is 4.79 Å². The van der Waals surface area contributed by atoms with E-state index in [1.54, 1.807) is 0 Å². The maximum absolute atomic E-state index is 12.6. The standard InChI is InChI=1S/C19H25N3OS/c1-6-12(2)16-9-7-8-10-17(16)22-19(23)14(4)24-18-11-13(3)20-15(5)21-18/h7-12,14H,6H2,1-5H3,(H,22,23)/t12-,14-/m0/s1. The minimum absolute atomic E-state index is 0.00956. The van der Waals surface area contributed by atoms with Crippen molar-refractivity contribution >= 4 is 23.4 Å². The lowest BCUT2D eigenvalue weighted by atomic mass is 9.97. The van der Waals surface area contributed by atoms with E-state index in [0.717, 1.165) is 28.7 Å². The molecule has 128 valence electrons. The quantitative estimate of drug-likeness (QED) is 0.609. The average molecular weight is 343 g/mol. The molecule has 0 saturated carbocycles. The van der Waals surface area contributed by atoms with Crippen LogP contribution in [0.4, 0.5) is 5.69 Å². The Hall–Kier alpha value is -1.88.